The molecule has 114 valence electrons. The number of hydrogen-bond acceptors (Lipinski definition) is 6. The van der Waals surface area contributed by atoms with Crippen molar-refractivity contribution in [1.82, 2.24) is 4.98 Å². The van der Waals surface area contributed by atoms with Crippen molar-refractivity contribution in [3.8, 4) is 5.88 Å². The van der Waals surface area contributed by atoms with Crippen molar-refractivity contribution in [3.63, 3.8) is 0 Å². The van der Waals surface area contributed by atoms with Crippen molar-refractivity contribution in [2.45, 2.75) is 26.4 Å². The molecular formula is C13H23N3O3S. The maximum Gasteiger partial charge on any atom is 0.239 e. The SMILES string of the molecule is CN(CCS(C)(=O)=O)c1ccc(N)c(OC(C)(C)C)n1. The van der Waals surface area contributed by atoms with Gasteiger partial charge >= 0.3 is 0 Å². The predicted molar refractivity (Wildman–Crippen MR) is 82.0 cm³/mol. The van der Waals surface area contributed by atoms with E-state index in [4.69, 9.17) is 10.5 Å². The molecule has 0 saturated carbocycles. The number of nitrogen functional groups attached to an aromatic ring is 1. The standard InChI is InChI=1S/C13H23N3O3S/c1-13(2,3)19-12-10(14)6-7-11(15-12)16(4)8-9-20(5,17)18/h6-7H,8-9,14H2,1-5H3. The van der Waals surface area contributed by atoms with E-state index in [1.54, 1.807) is 24.1 Å². The van der Waals surface area contributed by atoms with Crippen LogP contribution in [0, 0.1) is 0 Å². The maximum absolute atomic E-state index is 11.2. The van der Waals surface area contributed by atoms with E-state index in [1.165, 1.54) is 6.26 Å². The van der Waals surface area contributed by atoms with Gasteiger partial charge in [0, 0.05) is 19.8 Å². The summed E-state index contributed by atoms with van der Waals surface area (Å²) in [5, 5.41) is 0. The fraction of sp³-hybridized carbons (Fsp3) is 0.615. The molecule has 0 atom stereocenters. The molecule has 6 nitrogen and oxygen atoms in total. The Hall–Kier alpha value is -1.50. The Morgan fingerprint density at radius 1 is 1.35 bits per heavy atom. The number of nitrogens with zero attached hydrogens (tertiary/aromatic N) is 2. The number of nitrogens with two attached hydrogens (primary N) is 1. The monoisotopic (exact) mass is 301 g/mol. The Labute approximate surface area is 120 Å². The molecule has 0 radical (unpaired) electrons. The van der Waals surface area contributed by atoms with Crippen molar-refractivity contribution in [3.05, 3.63) is 12.1 Å². The number of rotatable bonds is 5. The summed E-state index contributed by atoms with van der Waals surface area (Å²) >= 11 is 0. The van der Waals surface area contributed by atoms with Gasteiger partial charge in [-0.15, -0.1) is 0 Å². The average Bonchev–Trinajstić information content (AvgIpc) is 2.26. The highest BCUT2D eigenvalue weighted by Crippen LogP contribution is 2.26. The minimum atomic E-state index is -3.00. The summed E-state index contributed by atoms with van der Waals surface area (Å²) in [5.74, 6) is 1.06. The molecule has 0 aliphatic heterocycles. The Morgan fingerprint density at radius 2 is 1.95 bits per heavy atom. The smallest absolute Gasteiger partial charge is 0.239 e. The lowest BCUT2D eigenvalue weighted by Gasteiger charge is -2.23. The normalized spacial score (nSPS) is 12.2. The molecule has 0 bridgehead atoms. The zero-order valence-corrected chi connectivity index (χ0v) is 13.5. The van der Waals surface area contributed by atoms with Crippen LogP contribution in [0.4, 0.5) is 11.5 Å². The third kappa shape index (κ3) is 5.64. The van der Waals surface area contributed by atoms with Crippen LogP contribution in [0.5, 0.6) is 5.88 Å². The van der Waals surface area contributed by atoms with E-state index < -0.39 is 15.4 Å². The van der Waals surface area contributed by atoms with E-state index in [-0.39, 0.29) is 5.75 Å². The molecule has 7 heteroatoms. The van der Waals surface area contributed by atoms with Crippen LogP contribution in [-0.2, 0) is 9.84 Å². The van der Waals surface area contributed by atoms with E-state index in [0.29, 0.717) is 23.9 Å². The summed E-state index contributed by atoms with van der Waals surface area (Å²) < 4.78 is 28.1. The molecule has 0 aliphatic carbocycles. The van der Waals surface area contributed by atoms with Crippen molar-refractivity contribution in [1.29, 1.82) is 0 Å². The minimum Gasteiger partial charge on any atom is -0.470 e. The molecule has 0 saturated heterocycles. The number of aromatic nitrogens is 1. The van der Waals surface area contributed by atoms with Crippen LogP contribution in [0.2, 0.25) is 0 Å². The third-order valence-electron chi connectivity index (χ3n) is 2.47. The molecule has 0 spiro atoms. The van der Waals surface area contributed by atoms with Gasteiger partial charge in [-0.3, -0.25) is 0 Å². The molecule has 1 aromatic heterocycles. The summed E-state index contributed by atoms with van der Waals surface area (Å²) in [5.41, 5.74) is 5.90. The molecule has 20 heavy (non-hydrogen) atoms. The van der Waals surface area contributed by atoms with Crippen molar-refractivity contribution >= 4 is 21.3 Å². The van der Waals surface area contributed by atoms with E-state index in [9.17, 15) is 8.42 Å². The van der Waals surface area contributed by atoms with Crippen LogP contribution in [0.3, 0.4) is 0 Å². The first-order valence-corrected chi connectivity index (χ1v) is 8.38. The number of hydrogen-bond donors (Lipinski definition) is 1. The van der Waals surface area contributed by atoms with Crippen molar-refractivity contribution < 1.29 is 13.2 Å². The lowest BCUT2D eigenvalue weighted by atomic mass is 10.2. The van der Waals surface area contributed by atoms with Gasteiger partial charge < -0.3 is 15.4 Å². The van der Waals surface area contributed by atoms with E-state index in [0.717, 1.165) is 0 Å². The molecule has 1 rings (SSSR count). The Kier molecular flexibility index (Phi) is 4.86. The predicted octanol–water partition coefficient (Wildman–Crippen LogP) is 1.32. The summed E-state index contributed by atoms with van der Waals surface area (Å²) in [6.07, 6.45) is 1.21. The van der Waals surface area contributed by atoms with Gasteiger partial charge in [0.1, 0.15) is 21.3 Å². The first-order chi connectivity index (χ1) is 8.98. The van der Waals surface area contributed by atoms with Gasteiger partial charge in [-0.2, -0.15) is 4.98 Å². The fourth-order valence-corrected chi connectivity index (χ4v) is 2.05. The Bertz CT molecular complexity index is 565. The maximum atomic E-state index is 11.2. The second-order valence-corrected chi connectivity index (χ2v) is 8.09. The summed E-state index contributed by atoms with van der Waals surface area (Å²) in [4.78, 5) is 6.10. The molecule has 1 aromatic rings. The Balaban J connectivity index is 2.89. The third-order valence-corrected chi connectivity index (χ3v) is 3.39. The fourth-order valence-electron chi connectivity index (χ4n) is 1.44. The number of ether oxygens (including phenoxy) is 1. The van der Waals surface area contributed by atoms with Crippen LogP contribution < -0.4 is 15.4 Å². The second kappa shape index (κ2) is 5.87. The molecule has 2 N–H and O–H groups in total. The topological polar surface area (TPSA) is 85.5 Å². The van der Waals surface area contributed by atoms with Gasteiger partial charge in [0.25, 0.3) is 0 Å². The number of pyridine rings is 1. The van der Waals surface area contributed by atoms with E-state index >= 15 is 0 Å². The van der Waals surface area contributed by atoms with Gasteiger partial charge in [-0.05, 0) is 32.9 Å². The molecular weight excluding hydrogens is 278 g/mol. The zero-order chi connectivity index (χ0) is 15.6. The summed E-state index contributed by atoms with van der Waals surface area (Å²) in [6.45, 7) is 6.10. The van der Waals surface area contributed by atoms with Gasteiger partial charge in [0.2, 0.25) is 5.88 Å². The highest BCUT2D eigenvalue weighted by Gasteiger charge is 2.16. The van der Waals surface area contributed by atoms with Gasteiger partial charge in [0.15, 0.2) is 0 Å². The van der Waals surface area contributed by atoms with Crippen LogP contribution >= 0.6 is 0 Å². The molecule has 0 amide bonds. The van der Waals surface area contributed by atoms with Crippen LogP contribution in [-0.4, -0.2) is 44.6 Å². The Morgan fingerprint density at radius 3 is 2.45 bits per heavy atom. The first kappa shape index (κ1) is 16.6. The minimum absolute atomic E-state index is 0.0744. The lowest BCUT2D eigenvalue weighted by Crippen LogP contribution is -2.27. The quantitative estimate of drug-likeness (QED) is 0.883. The molecule has 0 unspecified atom stereocenters. The lowest BCUT2D eigenvalue weighted by molar-refractivity contribution is 0.125. The van der Waals surface area contributed by atoms with E-state index in [2.05, 4.69) is 4.98 Å². The summed E-state index contributed by atoms with van der Waals surface area (Å²) in [6, 6.07) is 3.45. The average molecular weight is 301 g/mol. The van der Waals surface area contributed by atoms with Gasteiger partial charge in [-0.1, -0.05) is 0 Å². The zero-order valence-electron chi connectivity index (χ0n) is 12.7. The van der Waals surface area contributed by atoms with Crippen LogP contribution in [0.15, 0.2) is 12.1 Å². The molecule has 0 fully saturated rings. The summed E-state index contributed by atoms with van der Waals surface area (Å²) in [7, 11) is -1.22. The largest absolute Gasteiger partial charge is 0.470 e. The second-order valence-electron chi connectivity index (χ2n) is 5.83. The molecule has 1 heterocycles. The highest BCUT2D eigenvalue weighted by atomic mass is 32.2. The van der Waals surface area contributed by atoms with Gasteiger partial charge in [-0.25, -0.2) is 8.42 Å². The molecule has 0 aromatic carbocycles. The molecule has 0 aliphatic rings. The van der Waals surface area contributed by atoms with Crippen LogP contribution in [0.25, 0.3) is 0 Å². The van der Waals surface area contributed by atoms with Crippen LogP contribution in [0.1, 0.15) is 20.8 Å². The number of sulfone groups is 1. The van der Waals surface area contributed by atoms with Gasteiger partial charge in [0.05, 0.1) is 11.4 Å². The van der Waals surface area contributed by atoms with Crippen molar-refractivity contribution in [2.75, 3.05) is 36.2 Å². The highest BCUT2D eigenvalue weighted by molar-refractivity contribution is 7.90. The number of anilines is 2. The first-order valence-electron chi connectivity index (χ1n) is 6.32. The van der Waals surface area contributed by atoms with E-state index in [1.807, 2.05) is 20.8 Å². The van der Waals surface area contributed by atoms with Crippen molar-refractivity contribution in [2.24, 2.45) is 0 Å².